The van der Waals surface area contributed by atoms with Crippen molar-refractivity contribution in [3.63, 3.8) is 0 Å². The number of ether oxygens (including phenoxy) is 1. The lowest BCUT2D eigenvalue weighted by molar-refractivity contribution is 0.415. The Kier molecular flexibility index (Phi) is 4.73. The van der Waals surface area contributed by atoms with Crippen LogP contribution in [0.5, 0.6) is 5.75 Å². The molecule has 0 bridgehead atoms. The van der Waals surface area contributed by atoms with Gasteiger partial charge in [0.25, 0.3) is 0 Å². The highest BCUT2D eigenvalue weighted by atomic mass is 32.2. The molecule has 0 amide bonds. The van der Waals surface area contributed by atoms with E-state index in [-0.39, 0.29) is 0 Å². The van der Waals surface area contributed by atoms with Crippen molar-refractivity contribution in [1.29, 1.82) is 0 Å². The molecule has 0 unspecified atom stereocenters. The van der Waals surface area contributed by atoms with Crippen molar-refractivity contribution >= 4 is 23.0 Å². The van der Waals surface area contributed by atoms with Gasteiger partial charge in [0, 0.05) is 18.2 Å². The molecule has 0 aliphatic heterocycles. The van der Waals surface area contributed by atoms with Crippen LogP contribution < -0.4 is 9.64 Å². The number of pyridine rings is 1. The SMILES string of the molecule is COc1cc(C)cc(C)c1-c1cccc2c(N(CC3CC3)C3CC3)c(SC)nn12. The topological polar surface area (TPSA) is 29.8 Å². The van der Waals surface area contributed by atoms with Gasteiger partial charge in [-0.25, -0.2) is 4.52 Å². The number of aromatic nitrogens is 2. The van der Waals surface area contributed by atoms with Crippen LogP contribution in [0.15, 0.2) is 35.4 Å². The van der Waals surface area contributed by atoms with Gasteiger partial charge >= 0.3 is 0 Å². The maximum absolute atomic E-state index is 5.77. The van der Waals surface area contributed by atoms with E-state index in [4.69, 9.17) is 9.84 Å². The number of thioether (sulfide) groups is 1. The first-order chi connectivity index (χ1) is 14.1. The predicted octanol–water partition coefficient (Wildman–Crippen LogP) is 5.73. The number of fused-ring (bicyclic) bond motifs is 1. The van der Waals surface area contributed by atoms with Gasteiger partial charge in [0.2, 0.25) is 0 Å². The maximum atomic E-state index is 5.77. The summed E-state index contributed by atoms with van der Waals surface area (Å²) in [6.45, 7) is 5.45. The molecule has 152 valence electrons. The van der Waals surface area contributed by atoms with Crippen LogP contribution in [-0.2, 0) is 0 Å². The smallest absolute Gasteiger partial charge is 0.142 e. The van der Waals surface area contributed by atoms with E-state index in [9.17, 15) is 0 Å². The van der Waals surface area contributed by atoms with Gasteiger partial charge in [-0.3, -0.25) is 0 Å². The molecule has 1 aromatic carbocycles. The average molecular weight is 408 g/mol. The van der Waals surface area contributed by atoms with Crippen molar-refractivity contribution in [2.24, 2.45) is 5.92 Å². The lowest BCUT2D eigenvalue weighted by Gasteiger charge is -2.24. The number of aryl methyl sites for hydroxylation is 2. The molecule has 0 spiro atoms. The summed E-state index contributed by atoms with van der Waals surface area (Å²) in [5, 5.41) is 6.22. The maximum Gasteiger partial charge on any atom is 0.142 e. The predicted molar refractivity (Wildman–Crippen MR) is 122 cm³/mol. The molecule has 0 radical (unpaired) electrons. The lowest BCUT2D eigenvalue weighted by Crippen LogP contribution is -2.28. The number of hydrogen-bond donors (Lipinski definition) is 0. The largest absolute Gasteiger partial charge is 0.496 e. The zero-order chi connectivity index (χ0) is 20.1. The lowest BCUT2D eigenvalue weighted by atomic mass is 10.0. The number of anilines is 1. The fourth-order valence-corrected chi connectivity index (χ4v) is 5.02. The molecule has 2 heterocycles. The number of rotatable bonds is 7. The minimum Gasteiger partial charge on any atom is -0.496 e. The summed E-state index contributed by atoms with van der Waals surface area (Å²) in [5.74, 6) is 1.78. The van der Waals surface area contributed by atoms with Gasteiger partial charge in [0.15, 0.2) is 0 Å². The Morgan fingerprint density at radius 2 is 1.97 bits per heavy atom. The van der Waals surface area contributed by atoms with Gasteiger partial charge in [-0.1, -0.05) is 12.1 Å². The number of methoxy groups -OCH3 is 1. The Balaban J connectivity index is 1.71. The highest BCUT2D eigenvalue weighted by Crippen LogP contribution is 2.44. The molecular formula is C24H29N3OS. The van der Waals surface area contributed by atoms with Crippen LogP contribution in [0.25, 0.3) is 16.8 Å². The van der Waals surface area contributed by atoms with Crippen LogP contribution in [0.3, 0.4) is 0 Å². The minimum atomic E-state index is 0.689. The van der Waals surface area contributed by atoms with Gasteiger partial charge < -0.3 is 9.64 Å². The molecule has 2 aromatic heterocycles. The summed E-state index contributed by atoms with van der Waals surface area (Å²) in [6.07, 6.45) is 7.51. The third-order valence-corrected chi connectivity index (χ3v) is 6.80. The Hall–Kier alpha value is -2.14. The quantitative estimate of drug-likeness (QED) is 0.468. The van der Waals surface area contributed by atoms with Crippen molar-refractivity contribution in [1.82, 2.24) is 9.61 Å². The van der Waals surface area contributed by atoms with E-state index in [1.807, 2.05) is 0 Å². The standard InChI is InChI=1S/C24H29N3OS/c1-15-12-16(2)22(21(13-15)28-3)19-6-5-7-20-23(24(29-4)25-27(19)20)26(18-10-11-18)14-17-8-9-17/h5-7,12-13,17-18H,8-11,14H2,1-4H3. The van der Waals surface area contributed by atoms with Crippen LogP contribution in [0.1, 0.15) is 36.8 Å². The van der Waals surface area contributed by atoms with E-state index < -0.39 is 0 Å². The molecule has 2 aliphatic rings. The zero-order valence-electron chi connectivity index (χ0n) is 17.7. The highest BCUT2D eigenvalue weighted by Gasteiger charge is 2.36. The molecule has 2 fully saturated rings. The third kappa shape index (κ3) is 3.39. The Morgan fingerprint density at radius 1 is 1.17 bits per heavy atom. The minimum absolute atomic E-state index is 0.689. The molecule has 2 aliphatic carbocycles. The second-order valence-electron chi connectivity index (χ2n) is 8.55. The normalized spacial score (nSPS) is 16.4. The van der Waals surface area contributed by atoms with Gasteiger partial charge in [0.05, 0.1) is 24.0 Å². The number of nitrogens with zero attached hydrogens (tertiary/aromatic N) is 3. The molecule has 5 rings (SSSR count). The van der Waals surface area contributed by atoms with Gasteiger partial charge in [-0.15, -0.1) is 11.8 Å². The van der Waals surface area contributed by atoms with Gasteiger partial charge in [-0.2, -0.15) is 5.10 Å². The second kappa shape index (κ2) is 7.28. The first kappa shape index (κ1) is 18.9. The Labute approximate surface area is 177 Å². The van der Waals surface area contributed by atoms with Crippen molar-refractivity contribution < 1.29 is 4.74 Å². The van der Waals surface area contributed by atoms with Crippen LogP contribution in [0.4, 0.5) is 5.69 Å². The summed E-state index contributed by atoms with van der Waals surface area (Å²) < 4.78 is 7.92. The van der Waals surface area contributed by atoms with E-state index in [0.29, 0.717) is 6.04 Å². The van der Waals surface area contributed by atoms with Crippen molar-refractivity contribution in [3.05, 3.63) is 41.5 Å². The first-order valence-electron chi connectivity index (χ1n) is 10.6. The summed E-state index contributed by atoms with van der Waals surface area (Å²) in [4.78, 5) is 2.66. The van der Waals surface area contributed by atoms with E-state index in [2.05, 4.69) is 59.9 Å². The van der Waals surface area contributed by atoms with Gasteiger partial charge in [-0.05, 0) is 81.0 Å². The van der Waals surface area contributed by atoms with Crippen molar-refractivity contribution in [2.75, 3.05) is 24.8 Å². The van der Waals surface area contributed by atoms with E-state index in [1.165, 1.54) is 54.6 Å². The van der Waals surface area contributed by atoms with Crippen molar-refractivity contribution in [3.8, 4) is 17.0 Å². The molecular weight excluding hydrogens is 378 g/mol. The van der Waals surface area contributed by atoms with Crippen LogP contribution in [0, 0.1) is 19.8 Å². The third-order valence-electron chi connectivity index (χ3n) is 6.14. The molecule has 2 saturated carbocycles. The molecule has 0 atom stereocenters. The molecule has 29 heavy (non-hydrogen) atoms. The summed E-state index contributed by atoms with van der Waals surface area (Å²) in [7, 11) is 1.75. The van der Waals surface area contributed by atoms with Crippen LogP contribution >= 0.6 is 11.8 Å². The summed E-state index contributed by atoms with van der Waals surface area (Å²) in [6, 6.07) is 11.6. The Morgan fingerprint density at radius 3 is 2.62 bits per heavy atom. The fourth-order valence-electron chi connectivity index (χ4n) is 4.44. The van der Waals surface area contributed by atoms with E-state index >= 15 is 0 Å². The number of hydrogen-bond acceptors (Lipinski definition) is 4. The first-order valence-corrected chi connectivity index (χ1v) is 11.8. The molecule has 0 saturated heterocycles. The molecule has 0 N–H and O–H groups in total. The van der Waals surface area contributed by atoms with Crippen LogP contribution in [-0.4, -0.2) is 35.6 Å². The average Bonchev–Trinajstić information content (AvgIpc) is 3.62. The second-order valence-corrected chi connectivity index (χ2v) is 9.35. The molecule has 4 nitrogen and oxygen atoms in total. The monoisotopic (exact) mass is 407 g/mol. The fraction of sp³-hybridized carbons (Fsp3) is 0.458. The van der Waals surface area contributed by atoms with Gasteiger partial charge in [0.1, 0.15) is 10.8 Å². The van der Waals surface area contributed by atoms with E-state index in [1.54, 1.807) is 18.9 Å². The molecule has 5 heteroatoms. The van der Waals surface area contributed by atoms with Crippen molar-refractivity contribution in [2.45, 2.75) is 50.6 Å². The van der Waals surface area contributed by atoms with E-state index in [0.717, 1.165) is 28.0 Å². The number of benzene rings is 1. The molecule has 3 aromatic rings. The Bertz CT molecular complexity index is 1070. The van der Waals surface area contributed by atoms with Crippen LogP contribution in [0.2, 0.25) is 0 Å². The summed E-state index contributed by atoms with van der Waals surface area (Å²) in [5.41, 5.74) is 7.20. The zero-order valence-corrected chi connectivity index (χ0v) is 18.6. The summed E-state index contributed by atoms with van der Waals surface area (Å²) >= 11 is 1.76. The highest BCUT2D eigenvalue weighted by molar-refractivity contribution is 7.98.